The van der Waals surface area contributed by atoms with Crippen molar-refractivity contribution in [1.82, 2.24) is 4.98 Å². The number of carbonyl (C=O) groups excluding carboxylic acids is 1. The number of hydrogen-bond acceptors (Lipinski definition) is 4. The van der Waals surface area contributed by atoms with Gasteiger partial charge in [0.15, 0.2) is 4.32 Å². The quantitative estimate of drug-likeness (QED) is 0.628. The van der Waals surface area contributed by atoms with E-state index < -0.39 is 0 Å². The zero-order valence-electron chi connectivity index (χ0n) is 10.4. The molecule has 98 valence electrons. The van der Waals surface area contributed by atoms with Gasteiger partial charge >= 0.3 is 0 Å². The van der Waals surface area contributed by atoms with Crippen molar-refractivity contribution in [2.45, 2.75) is 0 Å². The highest BCUT2D eigenvalue weighted by Gasteiger charge is 2.33. The molecule has 3 rings (SSSR count). The van der Waals surface area contributed by atoms with Gasteiger partial charge in [0, 0.05) is 6.20 Å². The number of carbonyl (C=O) groups is 1. The zero-order chi connectivity index (χ0) is 13.9. The summed E-state index contributed by atoms with van der Waals surface area (Å²) in [6, 6.07) is 13.3. The van der Waals surface area contributed by atoms with E-state index in [4.69, 9.17) is 12.2 Å². The number of pyridine rings is 1. The monoisotopic (exact) mass is 298 g/mol. The van der Waals surface area contributed by atoms with Gasteiger partial charge in [0.2, 0.25) is 0 Å². The third-order valence-corrected chi connectivity index (χ3v) is 4.10. The fourth-order valence-corrected chi connectivity index (χ4v) is 3.18. The van der Waals surface area contributed by atoms with E-state index in [9.17, 15) is 4.79 Å². The van der Waals surface area contributed by atoms with Crippen molar-refractivity contribution in [3.63, 3.8) is 0 Å². The predicted octanol–water partition coefficient (Wildman–Crippen LogP) is 3.49. The summed E-state index contributed by atoms with van der Waals surface area (Å²) in [4.78, 5) is 18.6. The normalized spacial score (nSPS) is 17.0. The maximum Gasteiger partial charge on any atom is 0.270 e. The van der Waals surface area contributed by atoms with Crippen LogP contribution in [0, 0.1) is 0 Å². The van der Waals surface area contributed by atoms with Gasteiger partial charge in [0.05, 0.1) is 16.8 Å². The van der Waals surface area contributed by atoms with Gasteiger partial charge in [-0.15, -0.1) is 0 Å². The van der Waals surface area contributed by atoms with Gasteiger partial charge in [-0.2, -0.15) is 0 Å². The van der Waals surface area contributed by atoms with Crippen molar-refractivity contribution >= 4 is 46.0 Å². The van der Waals surface area contributed by atoms with E-state index in [1.54, 1.807) is 18.5 Å². The average molecular weight is 298 g/mol. The Labute approximate surface area is 126 Å². The molecular formula is C15H10N2OS2. The second-order valence-corrected chi connectivity index (χ2v) is 5.81. The van der Waals surface area contributed by atoms with E-state index in [1.165, 1.54) is 16.7 Å². The van der Waals surface area contributed by atoms with Crippen molar-refractivity contribution < 1.29 is 4.79 Å². The number of nitrogens with zero attached hydrogens (tertiary/aromatic N) is 2. The van der Waals surface area contributed by atoms with Crippen molar-refractivity contribution in [3.8, 4) is 0 Å². The lowest BCUT2D eigenvalue weighted by atomic mass is 10.2. The van der Waals surface area contributed by atoms with Crippen LogP contribution < -0.4 is 4.90 Å². The van der Waals surface area contributed by atoms with Crippen LogP contribution in [0.4, 0.5) is 5.69 Å². The van der Waals surface area contributed by atoms with Gasteiger partial charge < -0.3 is 0 Å². The molecule has 0 radical (unpaired) electrons. The minimum absolute atomic E-state index is 0.100. The van der Waals surface area contributed by atoms with Gasteiger partial charge in [-0.25, -0.2) is 0 Å². The van der Waals surface area contributed by atoms with Gasteiger partial charge in [0.25, 0.3) is 5.91 Å². The van der Waals surface area contributed by atoms with Crippen molar-refractivity contribution in [1.29, 1.82) is 0 Å². The molecular weight excluding hydrogens is 288 g/mol. The number of rotatable bonds is 2. The molecule has 0 saturated carbocycles. The maximum atomic E-state index is 12.4. The summed E-state index contributed by atoms with van der Waals surface area (Å²) < 4.78 is 0.533. The minimum atomic E-state index is -0.100. The standard InChI is InChI=1S/C15H10N2OS2/c18-14-13(9-11-5-2-1-3-6-11)20-15(19)17(14)12-7-4-8-16-10-12/h1-10H/b13-9-. The molecule has 1 saturated heterocycles. The lowest BCUT2D eigenvalue weighted by molar-refractivity contribution is -0.113. The highest BCUT2D eigenvalue weighted by atomic mass is 32.2. The fraction of sp³-hybridized carbons (Fsp3) is 0. The summed E-state index contributed by atoms with van der Waals surface area (Å²) in [5.41, 5.74) is 1.69. The van der Waals surface area contributed by atoms with E-state index >= 15 is 0 Å². The van der Waals surface area contributed by atoms with Crippen molar-refractivity contribution in [3.05, 3.63) is 65.3 Å². The number of hydrogen-bond donors (Lipinski definition) is 0. The second-order valence-electron chi connectivity index (χ2n) is 4.14. The molecule has 0 aliphatic carbocycles. The third kappa shape index (κ3) is 2.50. The van der Waals surface area contributed by atoms with Crippen LogP contribution in [-0.4, -0.2) is 15.2 Å². The Morgan fingerprint density at radius 1 is 1.15 bits per heavy atom. The van der Waals surface area contributed by atoms with Crippen LogP contribution in [0.1, 0.15) is 5.56 Å². The molecule has 2 heterocycles. The van der Waals surface area contributed by atoms with Crippen LogP contribution in [0.15, 0.2) is 59.8 Å². The predicted molar refractivity (Wildman–Crippen MR) is 86.3 cm³/mol. The molecule has 5 heteroatoms. The second kappa shape index (κ2) is 5.56. The molecule has 1 fully saturated rings. The molecule has 1 aromatic heterocycles. The molecule has 0 spiro atoms. The largest absolute Gasteiger partial charge is 0.270 e. The molecule has 1 aliphatic rings. The summed E-state index contributed by atoms with van der Waals surface area (Å²) in [6.07, 6.45) is 5.16. The first kappa shape index (κ1) is 13.0. The highest BCUT2D eigenvalue weighted by Crippen LogP contribution is 2.35. The van der Waals surface area contributed by atoms with Gasteiger partial charge in [-0.05, 0) is 23.8 Å². The molecule has 1 amide bonds. The lowest BCUT2D eigenvalue weighted by Crippen LogP contribution is -2.27. The third-order valence-electron chi connectivity index (χ3n) is 2.80. The number of benzene rings is 1. The number of amides is 1. The Kier molecular flexibility index (Phi) is 3.62. The van der Waals surface area contributed by atoms with Crippen LogP contribution in [-0.2, 0) is 4.79 Å². The van der Waals surface area contributed by atoms with Crippen LogP contribution in [0.5, 0.6) is 0 Å². The van der Waals surface area contributed by atoms with E-state index in [2.05, 4.69) is 4.98 Å². The molecule has 0 atom stereocenters. The van der Waals surface area contributed by atoms with Crippen LogP contribution in [0.3, 0.4) is 0 Å². The van der Waals surface area contributed by atoms with Crippen molar-refractivity contribution in [2.75, 3.05) is 4.90 Å². The highest BCUT2D eigenvalue weighted by molar-refractivity contribution is 8.27. The van der Waals surface area contributed by atoms with E-state index in [0.717, 1.165) is 5.56 Å². The smallest absolute Gasteiger partial charge is 0.268 e. The maximum absolute atomic E-state index is 12.4. The van der Waals surface area contributed by atoms with E-state index in [0.29, 0.717) is 14.9 Å². The van der Waals surface area contributed by atoms with Crippen molar-refractivity contribution in [2.24, 2.45) is 0 Å². The van der Waals surface area contributed by atoms with Gasteiger partial charge in [-0.3, -0.25) is 14.7 Å². The molecule has 0 N–H and O–H groups in total. The van der Waals surface area contributed by atoms with Gasteiger partial charge in [0.1, 0.15) is 0 Å². The average Bonchev–Trinajstić information content (AvgIpc) is 2.75. The topological polar surface area (TPSA) is 33.2 Å². The molecule has 2 aromatic rings. The van der Waals surface area contributed by atoms with E-state index in [1.807, 2.05) is 42.5 Å². The summed E-state index contributed by atoms with van der Waals surface area (Å²) >= 11 is 6.60. The van der Waals surface area contributed by atoms with Crippen LogP contribution >= 0.6 is 24.0 Å². The summed E-state index contributed by atoms with van der Waals surface area (Å²) in [5.74, 6) is -0.100. The van der Waals surface area contributed by atoms with E-state index in [-0.39, 0.29) is 5.91 Å². The molecule has 1 aliphatic heterocycles. The number of anilines is 1. The first-order chi connectivity index (χ1) is 9.75. The lowest BCUT2D eigenvalue weighted by Gasteiger charge is -2.13. The molecule has 20 heavy (non-hydrogen) atoms. The first-order valence-corrected chi connectivity index (χ1v) is 7.21. The Morgan fingerprint density at radius 3 is 2.65 bits per heavy atom. The summed E-state index contributed by atoms with van der Waals surface area (Å²) in [7, 11) is 0. The molecule has 1 aromatic carbocycles. The first-order valence-electron chi connectivity index (χ1n) is 5.99. The number of thioether (sulfide) groups is 1. The van der Waals surface area contributed by atoms with Crippen LogP contribution in [0.25, 0.3) is 6.08 Å². The minimum Gasteiger partial charge on any atom is -0.268 e. The fourth-order valence-electron chi connectivity index (χ4n) is 1.88. The Hall–Kier alpha value is -1.98. The van der Waals surface area contributed by atoms with Crippen LogP contribution in [0.2, 0.25) is 0 Å². The molecule has 0 unspecified atom stereocenters. The zero-order valence-corrected chi connectivity index (χ0v) is 12.0. The summed E-state index contributed by atoms with van der Waals surface area (Å²) in [6.45, 7) is 0. The van der Waals surface area contributed by atoms with Gasteiger partial charge in [-0.1, -0.05) is 54.3 Å². The molecule has 0 bridgehead atoms. The Balaban J connectivity index is 1.93. The molecule has 3 nitrogen and oxygen atoms in total. The Bertz CT molecular complexity index is 684. The number of thiocarbonyl (C=S) groups is 1. The SMILES string of the molecule is O=C1/C(=C/c2ccccc2)SC(=S)N1c1cccnc1. The Morgan fingerprint density at radius 2 is 1.95 bits per heavy atom. The summed E-state index contributed by atoms with van der Waals surface area (Å²) in [5, 5.41) is 0. The number of aromatic nitrogens is 1.